The van der Waals surface area contributed by atoms with Gasteiger partial charge in [0.2, 0.25) is 5.91 Å². The van der Waals surface area contributed by atoms with Crippen LogP contribution in [-0.2, 0) is 21.5 Å². The Kier molecular flexibility index (Phi) is 5.22. The molecule has 1 unspecified atom stereocenters. The molecule has 1 spiro atoms. The van der Waals surface area contributed by atoms with E-state index in [1.165, 1.54) is 11.1 Å². The molecule has 0 radical (unpaired) electrons. The second-order valence-electron chi connectivity index (χ2n) is 10.5. The zero-order valence-corrected chi connectivity index (χ0v) is 20.7. The van der Waals surface area contributed by atoms with Crippen LogP contribution >= 0.6 is 0 Å². The highest BCUT2D eigenvalue weighted by Gasteiger charge is 2.46. The number of carbonyl (C=O) groups excluding carboxylic acids is 1. The van der Waals surface area contributed by atoms with Crippen molar-refractivity contribution >= 4 is 22.6 Å². The molecule has 3 aliphatic heterocycles. The van der Waals surface area contributed by atoms with Crippen molar-refractivity contribution in [1.29, 1.82) is 0 Å². The quantitative estimate of drug-likeness (QED) is 0.565. The maximum absolute atomic E-state index is 12.7. The fourth-order valence-corrected chi connectivity index (χ4v) is 5.77. The molecule has 182 valence electrons. The number of hydrogen-bond acceptors (Lipinski definition) is 5. The van der Waals surface area contributed by atoms with Crippen LogP contribution < -0.4 is 4.74 Å². The van der Waals surface area contributed by atoms with Crippen LogP contribution in [0.25, 0.3) is 16.7 Å². The van der Waals surface area contributed by atoms with Gasteiger partial charge in [-0.1, -0.05) is 24.3 Å². The molecule has 7 heteroatoms. The lowest BCUT2D eigenvalue weighted by atomic mass is 9.83. The van der Waals surface area contributed by atoms with E-state index in [1.54, 1.807) is 7.11 Å². The monoisotopic (exact) mass is 472 g/mol. The maximum Gasteiger partial charge on any atom is 0.225 e. The normalized spacial score (nSPS) is 21.6. The number of imidazole rings is 1. The van der Waals surface area contributed by atoms with E-state index < -0.39 is 5.60 Å². The van der Waals surface area contributed by atoms with Crippen molar-refractivity contribution < 1.29 is 14.3 Å². The molecule has 35 heavy (non-hydrogen) atoms. The van der Waals surface area contributed by atoms with Gasteiger partial charge >= 0.3 is 0 Å². The van der Waals surface area contributed by atoms with E-state index in [-0.39, 0.29) is 11.4 Å². The van der Waals surface area contributed by atoms with Crippen LogP contribution in [-0.4, -0.2) is 57.7 Å². The minimum atomic E-state index is -0.451. The van der Waals surface area contributed by atoms with Crippen molar-refractivity contribution in [2.24, 2.45) is 0 Å². The van der Waals surface area contributed by atoms with Crippen LogP contribution in [0, 0.1) is 0 Å². The van der Waals surface area contributed by atoms with E-state index in [2.05, 4.69) is 41.0 Å². The fourth-order valence-electron chi connectivity index (χ4n) is 5.77. The third-order valence-electron chi connectivity index (χ3n) is 7.87. The Morgan fingerprint density at radius 3 is 2.83 bits per heavy atom. The van der Waals surface area contributed by atoms with Gasteiger partial charge in [0.25, 0.3) is 0 Å². The smallest absolute Gasteiger partial charge is 0.225 e. The molecular formula is C28H32N4O3. The summed E-state index contributed by atoms with van der Waals surface area (Å²) in [6, 6.07) is 12.5. The summed E-state index contributed by atoms with van der Waals surface area (Å²) in [5, 5.41) is 0. The maximum atomic E-state index is 12.7. The zero-order valence-electron chi connectivity index (χ0n) is 20.7. The number of fused-ring (bicyclic) bond motifs is 6. The lowest BCUT2D eigenvalue weighted by molar-refractivity contribution is -0.136. The first-order chi connectivity index (χ1) is 16.9. The van der Waals surface area contributed by atoms with Crippen LogP contribution in [0.5, 0.6) is 5.75 Å². The van der Waals surface area contributed by atoms with Crippen molar-refractivity contribution in [3.8, 4) is 5.75 Å². The summed E-state index contributed by atoms with van der Waals surface area (Å²) in [7, 11) is 1.65. The highest BCUT2D eigenvalue weighted by atomic mass is 16.5. The molecule has 0 fully saturated rings. The van der Waals surface area contributed by atoms with Gasteiger partial charge in [0.05, 0.1) is 17.7 Å². The van der Waals surface area contributed by atoms with E-state index in [0.717, 1.165) is 54.1 Å². The first-order valence-electron chi connectivity index (χ1n) is 12.5. The predicted molar refractivity (Wildman–Crippen MR) is 134 cm³/mol. The van der Waals surface area contributed by atoms with Gasteiger partial charge in [-0.2, -0.15) is 0 Å². The van der Waals surface area contributed by atoms with Gasteiger partial charge in [-0.05, 0) is 56.9 Å². The lowest BCUT2D eigenvalue weighted by Gasteiger charge is -2.35. The van der Waals surface area contributed by atoms with Crippen LogP contribution in [0.2, 0.25) is 0 Å². The molecule has 0 aliphatic carbocycles. The van der Waals surface area contributed by atoms with Crippen molar-refractivity contribution in [2.45, 2.75) is 57.1 Å². The number of pyridine rings is 1. The third kappa shape index (κ3) is 3.64. The van der Waals surface area contributed by atoms with Gasteiger partial charge in [-0.25, -0.2) is 9.97 Å². The number of rotatable bonds is 4. The fraction of sp³-hybridized carbons (Fsp3) is 0.464. The Hall–Kier alpha value is -3.19. The van der Waals surface area contributed by atoms with Crippen molar-refractivity contribution in [2.75, 3.05) is 26.8 Å². The van der Waals surface area contributed by atoms with Crippen molar-refractivity contribution in [1.82, 2.24) is 19.4 Å². The summed E-state index contributed by atoms with van der Waals surface area (Å²) in [5.74, 6) is 2.18. The van der Waals surface area contributed by atoms with Gasteiger partial charge in [0, 0.05) is 32.2 Å². The first kappa shape index (κ1) is 22.3. The summed E-state index contributed by atoms with van der Waals surface area (Å²) in [6.07, 6.45) is 6.37. The molecule has 0 saturated carbocycles. The number of methoxy groups -OCH3 is 1. The van der Waals surface area contributed by atoms with E-state index >= 15 is 0 Å². The second-order valence-corrected chi connectivity index (χ2v) is 10.5. The summed E-state index contributed by atoms with van der Waals surface area (Å²) in [5.41, 5.74) is 4.56. The van der Waals surface area contributed by atoms with Gasteiger partial charge < -0.3 is 14.4 Å². The minimum absolute atomic E-state index is 0.127. The first-order valence-corrected chi connectivity index (χ1v) is 12.5. The van der Waals surface area contributed by atoms with Gasteiger partial charge in [-0.15, -0.1) is 0 Å². The highest BCUT2D eigenvalue weighted by Crippen LogP contribution is 2.47. The molecule has 1 aromatic carbocycles. The van der Waals surface area contributed by atoms with E-state index in [4.69, 9.17) is 19.4 Å². The SMILES string of the molecule is COC(C)(C)CC(=O)N1CC=C(c2ccc3nc4n(c3n2)C2(CCC4)COc3ccccc32)CC1. The summed E-state index contributed by atoms with van der Waals surface area (Å²) >= 11 is 0. The number of carbonyl (C=O) groups is 1. The molecule has 0 saturated heterocycles. The van der Waals surface area contributed by atoms with Crippen LogP contribution in [0.15, 0.2) is 42.5 Å². The topological polar surface area (TPSA) is 69.5 Å². The molecule has 3 aromatic rings. The minimum Gasteiger partial charge on any atom is -0.490 e. The molecule has 2 aromatic heterocycles. The van der Waals surface area contributed by atoms with E-state index in [0.29, 0.717) is 26.1 Å². The largest absolute Gasteiger partial charge is 0.490 e. The Bertz CT molecular complexity index is 1340. The second kappa shape index (κ2) is 8.19. The molecule has 7 nitrogen and oxygen atoms in total. The van der Waals surface area contributed by atoms with Crippen LogP contribution in [0.4, 0.5) is 0 Å². The summed E-state index contributed by atoms with van der Waals surface area (Å²) in [6.45, 7) is 5.81. The van der Waals surface area contributed by atoms with Crippen LogP contribution in [0.3, 0.4) is 0 Å². The number of amides is 1. The van der Waals surface area contributed by atoms with Crippen molar-refractivity contribution in [3.05, 3.63) is 59.6 Å². The third-order valence-corrected chi connectivity index (χ3v) is 7.87. The number of para-hydroxylation sites is 1. The van der Waals surface area contributed by atoms with Gasteiger partial charge in [0.15, 0.2) is 5.65 Å². The van der Waals surface area contributed by atoms with E-state index in [9.17, 15) is 4.79 Å². The molecular weight excluding hydrogens is 440 g/mol. The summed E-state index contributed by atoms with van der Waals surface area (Å²) in [4.78, 5) is 24.8. The highest BCUT2D eigenvalue weighted by molar-refractivity contribution is 5.80. The number of aryl methyl sites for hydroxylation is 1. The Morgan fingerprint density at radius 2 is 2.03 bits per heavy atom. The predicted octanol–water partition coefficient (Wildman–Crippen LogP) is 4.33. The summed E-state index contributed by atoms with van der Waals surface area (Å²) < 4.78 is 14.0. The molecule has 1 amide bonds. The average molecular weight is 473 g/mol. The lowest BCUT2D eigenvalue weighted by Crippen LogP contribution is -2.41. The molecule has 1 atom stereocenters. The van der Waals surface area contributed by atoms with Gasteiger partial charge in [-0.3, -0.25) is 9.36 Å². The molecule has 3 aliphatic rings. The number of benzene rings is 1. The van der Waals surface area contributed by atoms with E-state index in [1.807, 2.05) is 24.8 Å². The number of hydrogen-bond donors (Lipinski definition) is 0. The van der Waals surface area contributed by atoms with Gasteiger partial charge in [0.1, 0.15) is 29.2 Å². The molecule has 0 bridgehead atoms. The Balaban J connectivity index is 1.33. The average Bonchev–Trinajstić information content (AvgIpc) is 3.43. The standard InChI is InChI=1S/C28H32N4O3/c1-27(2,34-3)17-25(33)31-15-12-19(13-16-31)21-10-11-22-26(30-21)32-24(29-22)9-6-14-28(32)18-35-23-8-5-4-7-20(23)28/h4-5,7-8,10-12H,6,9,13-18H2,1-3H3. The molecule has 6 rings (SSSR count). The van der Waals surface area contributed by atoms with Crippen molar-refractivity contribution in [3.63, 3.8) is 0 Å². The molecule has 5 heterocycles. The Morgan fingerprint density at radius 1 is 1.17 bits per heavy atom. The van der Waals surface area contributed by atoms with Crippen LogP contribution in [0.1, 0.15) is 56.6 Å². The number of ether oxygens (including phenoxy) is 2. The number of nitrogens with zero attached hydrogens (tertiary/aromatic N) is 4. The zero-order chi connectivity index (χ0) is 24.2. The molecule has 0 N–H and O–H groups in total. The number of aromatic nitrogens is 3. The Labute approximate surface area is 205 Å².